The van der Waals surface area contributed by atoms with Crippen molar-refractivity contribution >= 4 is 5.91 Å². The van der Waals surface area contributed by atoms with Crippen LogP contribution in [0.15, 0.2) is 0 Å². The summed E-state index contributed by atoms with van der Waals surface area (Å²) in [7, 11) is 0. The van der Waals surface area contributed by atoms with Gasteiger partial charge in [-0.05, 0) is 17.8 Å². The summed E-state index contributed by atoms with van der Waals surface area (Å²) in [6.45, 7) is 6.03. The summed E-state index contributed by atoms with van der Waals surface area (Å²) in [5.41, 5.74) is 0. The van der Waals surface area contributed by atoms with E-state index in [1.54, 1.807) is 4.90 Å². The number of carbonyl (C=O) groups is 1. The van der Waals surface area contributed by atoms with Crippen molar-refractivity contribution in [3.8, 4) is 12.3 Å². The lowest BCUT2D eigenvalue weighted by Crippen LogP contribution is -2.51. The number of terminal acetylenes is 1. The van der Waals surface area contributed by atoms with Gasteiger partial charge in [0.05, 0.1) is 0 Å². The molecule has 1 rings (SSSR count). The van der Waals surface area contributed by atoms with Gasteiger partial charge in [0.25, 0.3) is 5.91 Å². The molecule has 0 aliphatic carbocycles. The van der Waals surface area contributed by atoms with Crippen molar-refractivity contribution in [2.24, 2.45) is 11.8 Å². The highest BCUT2D eigenvalue weighted by Crippen LogP contribution is 2.22. The highest BCUT2D eigenvalue weighted by atomic mass is 16.2. The van der Waals surface area contributed by atoms with Crippen LogP contribution in [0.1, 0.15) is 13.8 Å². The van der Waals surface area contributed by atoms with Crippen LogP contribution in [-0.4, -0.2) is 23.9 Å². The van der Waals surface area contributed by atoms with Crippen molar-refractivity contribution in [2.75, 3.05) is 13.1 Å². The number of likely N-dealkylation sites (tertiary alicyclic amines) is 1. The maximum atomic E-state index is 10.9. The van der Waals surface area contributed by atoms with E-state index in [1.165, 1.54) is 0 Å². The van der Waals surface area contributed by atoms with E-state index in [0.717, 1.165) is 13.1 Å². The molecule has 2 nitrogen and oxygen atoms in total. The molecular formula is C9H13NO. The predicted molar refractivity (Wildman–Crippen MR) is 43.7 cm³/mol. The van der Waals surface area contributed by atoms with E-state index < -0.39 is 0 Å². The highest BCUT2D eigenvalue weighted by molar-refractivity contribution is 5.93. The summed E-state index contributed by atoms with van der Waals surface area (Å²) >= 11 is 0. The van der Waals surface area contributed by atoms with Gasteiger partial charge in [0.2, 0.25) is 0 Å². The van der Waals surface area contributed by atoms with Crippen LogP contribution in [0.3, 0.4) is 0 Å². The van der Waals surface area contributed by atoms with E-state index in [9.17, 15) is 4.79 Å². The van der Waals surface area contributed by atoms with Crippen molar-refractivity contribution in [3.63, 3.8) is 0 Å². The average molecular weight is 151 g/mol. The molecule has 0 aromatic carbocycles. The van der Waals surface area contributed by atoms with E-state index in [-0.39, 0.29) is 5.91 Å². The Morgan fingerprint density at radius 2 is 2.18 bits per heavy atom. The topological polar surface area (TPSA) is 20.3 Å². The summed E-state index contributed by atoms with van der Waals surface area (Å²) in [6.07, 6.45) is 4.96. The number of amides is 1. The number of carbonyl (C=O) groups excluding carboxylic acids is 1. The third-order valence-electron chi connectivity index (χ3n) is 2.26. The third kappa shape index (κ3) is 1.54. The lowest BCUT2D eigenvalue weighted by atomic mass is 9.88. The molecule has 60 valence electrons. The molecule has 0 atom stereocenters. The van der Waals surface area contributed by atoms with Crippen LogP contribution >= 0.6 is 0 Å². The molecule has 11 heavy (non-hydrogen) atoms. The van der Waals surface area contributed by atoms with Gasteiger partial charge in [-0.1, -0.05) is 13.8 Å². The zero-order valence-electron chi connectivity index (χ0n) is 7.00. The van der Waals surface area contributed by atoms with Gasteiger partial charge in [-0.15, -0.1) is 6.42 Å². The Balaban J connectivity index is 2.31. The van der Waals surface area contributed by atoms with Crippen molar-refractivity contribution in [1.29, 1.82) is 0 Å². The summed E-state index contributed by atoms with van der Waals surface area (Å²) in [5, 5.41) is 0. The SMILES string of the molecule is C#CC(=O)N1CC(C(C)C)C1. The third-order valence-corrected chi connectivity index (χ3v) is 2.26. The minimum absolute atomic E-state index is 0.165. The molecule has 0 aromatic rings. The van der Waals surface area contributed by atoms with E-state index in [2.05, 4.69) is 19.8 Å². The molecule has 0 bridgehead atoms. The first-order valence-corrected chi connectivity index (χ1v) is 3.90. The average Bonchev–Trinajstić information content (AvgIpc) is 1.83. The smallest absolute Gasteiger partial charge is 0.298 e. The summed E-state index contributed by atoms with van der Waals surface area (Å²) < 4.78 is 0. The maximum Gasteiger partial charge on any atom is 0.298 e. The monoisotopic (exact) mass is 151 g/mol. The van der Waals surface area contributed by atoms with Gasteiger partial charge in [0.15, 0.2) is 0 Å². The molecule has 0 unspecified atom stereocenters. The Morgan fingerprint density at radius 1 is 1.64 bits per heavy atom. The zero-order valence-corrected chi connectivity index (χ0v) is 7.00. The van der Waals surface area contributed by atoms with Gasteiger partial charge < -0.3 is 4.90 Å². The first-order valence-electron chi connectivity index (χ1n) is 3.90. The fourth-order valence-electron chi connectivity index (χ4n) is 1.19. The van der Waals surface area contributed by atoms with Crippen LogP contribution < -0.4 is 0 Å². The molecule has 1 saturated heterocycles. The van der Waals surface area contributed by atoms with Crippen molar-refractivity contribution in [2.45, 2.75) is 13.8 Å². The van der Waals surface area contributed by atoms with Crippen LogP contribution in [0.2, 0.25) is 0 Å². The number of hydrogen-bond donors (Lipinski definition) is 0. The van der Waals surface area contributed by atoms with Crippen LogP contribution in [-0.2, 0) is 4.79 Å². The van der Waals surface area contributed by atoms with Crippen molar-refractivity contribution in [3.05, 3.63) is 0 Å². The normalized spacial score (nSPS) is 17.8. The van der Waals surface area contributed by atoms with Crippen molar-refractivity contribution in [1.82, 2.24) is 4.90 Å². The maximum absolute atomic E-state index is 10.9. The zero-order chi connectivity index (χ0) is 8.43. The van der Waals surface area contributed by atoms with E-state index in [4.69, 9.17) is 6.42 Å². The minimum atomic E-state index is -0.165. The molecular weight excluding hydrogens is 138 g/mol. The molecule has 1 aliphatic rings. The van der Waals surface area contributed by atoms with E-state index in [0.29, 0.717) is 11.8 Å². The summed E-state index contributed by atoms with van der Waals surface area (Å²) in [4.78, 5) is 12.6. The largest absolute Gasteiger partial charge is 0.331 e. The standard InChI is InChI=1S/C9H13NO/c1-4-9(11)10-5-8(6-10)7(2)3/h1,7-8H,5-6H2,2-3H3. The Hall–Kier alpha value is -0.970. The Kier molecular flexibility index (Phi) is 2.19. The first-order chi connectivity index (χ1) is 5.15. The first kappa shape index (κ1) is 8.13. The fourth-order valence-corrected chi connectivity index (χ4v) is 1.19. The number of hydrogen-bond acceptors (Lipinski definition) is 1. The summed E-state index contributed by atoms with van der Waals surface area (Å²) in [6, 6.07) is 0. The Morgan fingerprint density at radius 3 is 2.55 bits per heavy atom. The molecule has 1 fully saturated rings. The van der Waals surface area contributed by atoms with Gasteiger partial charge in [0.1, 0.15) is 0 Å². The van der Waals surface area contributed by atoms with Gasteiger partial charge in [-0.2, -0.15) is 0 Å². The molecule has 0 spiro atoms. The highest BCUT2D eigenvalue weighted by Gasteiger charge is 2.31. The number of nitrogens with zero attached hydrogens (tertiary/aromatic N) is 1. The Labute approximate surface area is 67.6 Å². The van der Waals surface area contributed by atoms with Crippen molar-refractivity contribution < 1.29 is 4.79 Å². The second-order valence-electron chi connectivity index (χ2n) is 3.36. The van der Waals surface area contributed by atoms with Crippen LogP contribution in [0.5, 0.6) is 0 Å². The lowest BCUT2D eigenvalue weighted by molar-refractivity contribution is -0.132. The van der Waals surface area contributed by atoms with Crippen LogP contribution in [0.4, 0.5) is 0 Å². The quantitative estimate of drug-likeness (QED) is 0.506. The molecule has 0 saturated carbocycles. The van der Waals surface area contributed by atoms with E-state index >= 15 is 0 Å². The molecule has 0 radical (unpaired) electrons. The van der Waals surface area contributed by atoms with Gasteiger partial charge in [-0.25, -0.2) is 0 Å². The van der Waals surface area contributed by atoms with E-state index in [1.807, 2.05) is 0 Å². The fraction of sp³-hybridized carbons (Fsp3) is 0.667. The van der Waals surface area contributed by atoms with Gasteiger partial charge in [0, 0.05) is 13.1 Å². The number of rotatable bonds is 1. The Bertz CT molecular complexity index is 196. The summed E-state index contributed by atoms with van der Waals surface area (Å²) in [5.74, 6) is 3.27. The van der Waals surface area contributed by atoms with Crippen LogP contribution in [0.25, 0.3) is 0 Å². The lowest BCUT2D eigenvalue weighted by Gasteiger charge is -2.40. The predicted octanol–water partition coefficient (Wildman–Crippen LogP) is 0.734. The molecule has 2 heteroatoms. The molecule has 1 heterocycles. The second kappa shape index (κ2) is 2.96. The van der Waals surface area contributed by atoms with Crippen LogP contribution in [0, 0.1) is 24.2 Å². The van der Waals surface area contributed by atoms with Gasteiger partial charge >= 0.3 is 0 Å². The molecule has 0 aromatic heterocycles. The molecule has 1 amide bonds. The van der Waals surface area contributed by atoms with Gasteiger partial charge in [-0.3, -0.25) is 4.79 Å². The molecule has 0 N–H and O–H groups in total. The molecule has 1 aliphatic heterocycles. The minimum Gasteiger partial charge on any atom is -0.331 e. The second-order valence-corrected chi connectivity index (χ2v) is 3.36.